The van der Waals surface area contributed by atoms with Crippen LogP contribution in [0.25, 0.3) is 0 Å². The number of hydrogen-bond acceptors (Lipinski definition) is 8. The summed E-state index contributed by atoms with van der Waals surface area (Å²) in [4.78, 5) is 36.3. The van der Waals surface area contributed by atoms with Crippen LogP contribution >= 0.6 is 116 Å². The minimum absolute atomic E-state index is 0.0371. The summed E-state index contributed by atoms with van der Waals surface area (Å²) in [5, 5.41) is 2.79. The van der Waals surface area contributed by atoms with Crippen LogP contribution in [0.2, 0.25) is 50.2 Å². The fraction of sp³-hybridized carbons (Fsp3) is 0.176. The van der Waals surface area contributed by atoms with Crippen molar-refractivity contribution in [3.63, 3.8) is 0 Å². The largest absolute Gasteiger partial charge is 0.276 e. The standard InChI is InChI=1S/C34H24Cl10N8O6S2/c35-15-3-5-25(19(39)9-15)45-31-27(33(53)51(47-31)29-21(41)11-17(37)12-22(29)42)49-59(55,56)7-1-2-8-60(57,58)50-28-32(46-26-6-4-16(36)10-20(26)40)48-52(34(28)54)30-23(43)13-18(38)14-24(30)44/h3-6,9-14,27-28,49-50H,1-2,7-8H2,(H,45,47)(H,46,48). The van der Waals surface area contributed by atoms with E-state index in [0.717, 1.165) is 10.0 Å². The highest BCUT2D eigenvalue weighted by Crippen LogP contribution is 2.39. The average Bonchev–Trinajstić information content (AvgIpc) is 3.58. The molecule has 0 aliphatic carbocycles. The zero-order chi connectivity index (χ0) is 43.8. The molecule has 2 aliphatic rings. The van der Waals surface area contributed by atoms with Gasteiger partial charge < -0.3 is 0 Å². The van der Waals surface area contributed by atoms with Gasteiger partial charge in [-0.3, -0.25) is 20.4 Å². The lowest BCUT2D eigenvalue weighted by Crippen LogP contribution is -2.46. The van der Waals surface area contributed by atoms with Gasteiger partial charge in [-0.1, -0.05) is 116 Å². The Morgan fingerprint density at radius 1 is 0.500 bits per heavy atom. The van der Waals surface area contributed by atoms with Crippen molar-refractivity contribution < 1.29 is 26.4 Å². The number of hydrogen-bond donors (Lipinski definition) is 4. The molecule has 0 aromatic heterocycles. The Bertz CT molecular complexity index is 2480. The van der Waals surface area contributed by atoms with Crippen LogP contribution in [0.1, 0.15) is 12.8 Å². The van der Waals surface area contributed by atoms with E-state index in [1.165, 1.54) is 60.7 Å². The van der Waals surface area contributed by atoms with E-state index >= 15 is 0 Å². The van der Waals surface area contributed by atoms with E-state index in [4.69, 9.17) is 116 Å². The number of halogens is 10. The van der Waals surface area contributed by atoms with E-state index in [2.05, 4.69) is 30.3 Å². The maximum atomic E-state index is 13.8. The van der Waals surface area contributed by atoms with Gasteiger partial charge in [-0.15, -0.1) is 0 Å². The lowest BCUT2D eigenvalue weighted by atomic mass is 10.2. The number of amidine groups is 2. The van der Waals surface area contributed by atoms with Gasteiger partial charge in [0.05, 0.1) is 53.0 Å². The second-order valence-corrected chi connectivity index (χ2v) is 20.6. The quantitative estimate of drug-likeness (QED) is 0.0956. The number of nitrogens with one attached hydrogen (secondary N) is 4. The van der Waals surface area contributed by atoms with E-state index in [1.807, 2.05) is 0 Å². The average molecular weight is 1060 g/mol. The minimum atomic E-state index is -4.34. The van der Waals surface area contributed by atoms with Gasteiger partial charge in [-0.25, -0.2) is 36.8 Å². The SMILES string of the molecule is O=C1C(NS(=O)(=O)CCCCS(=O)(=O)NC2C(=O)N(c3c(Cl)cc(Cl)cc3Cl)NC2=Nc2ccc(Cl)cc2Cl)C(=Nc2ccc(Cl)cc2Cl)NN1c1c(Cl)cc(Cl)cc1Cl. The molecule has 4 aromatic rings. The van der Waals surface area contributed by atoms with E-state index < -0.39 is 55.5 Å². The van der Waals surface area contributed by atoms with Gasteiger partial charge in [0.15, 0.2) is 12.1 Å². The molecule has 2 unspecified atom stereocenters. The van der Waals surface area contributed by atoms with Crippen molar-refractivity contribution in [1.82, 2.24) is 20.3 Å². The first-order valence-corrected chi connectivity index (χ1v) is 23.8. The van der Waals surface area contributed by atoms with Gasteiger partial charge in [-0.05, 0) is 73.5 Å². The number of nitrogens with zero attached hydrogens (tertiary/aromatic N) is 4. The molecule has 4 N–H and O–H groups in total. The van der Waals surface area contributed by atoms with Crippen molar-refractivity contribution >= 4 is 182 Å². The van der Waals surface area contributed by atoms with Crippen LogP contribution in [0, 0.1) is 0 Å². The number of unbranched alkanes of at least 4 members (excludes halogenated alkanes) is 1. The van der Waals surface area contributed by atoms with Gasteiger partial charge in [0, 0.05) is 20.1 Å². The summed E-state index contributed by atoms with van der Waals surface area (Å²) in [5.41, 5.74) is 5.65. The molecule has 0 bridgehead atoms. The lowest BCUT2D eigenvalue weighted by Gasteiger charge is -2.19. The summed E-state index contributed by atoms with van der Waals surface area (Å²) < 4.78 is 58.4. The van der Waals surface area contributed by atoms with Crippen molar-refractivity contribution in [2.75, 3.05) is 21.5 Å². The Hall–Kier alpha value is -2.52. The molecule has 318 valence electrons. The van der Waals surface area contributed by atoms with Crippen molar-refractivity contribution in [2.24, 2.45) is 9.98 Å². The molecule has 0 radical (unpaired) electrons. The van der Waals surface area contributed by atoms with Crippen LogP contribution in [-0.2, 0) is 29.6 Å². The van der Waals surface area contributed by atoms with Crippen molar-refractivity contribution in [2.45, 2.75) is 24.9 Å². The summed E-state index contributed by atoms with van der Waals surface area (Å²) in [6.45, 7) is 0. The number of aliphatic imine (C=N–C) groups is 2. The molecule has 2 saturated heterocycles. The second kappa shape index (κ2) is 19.1. The van der Waals surface area contributed by atoms with E-state index in [1.54, 1.807) is 0 Å². The topological polar surface area (TPSA) is 182 Å². The zero-order valence-corrected chi connectivity index (χ0v) is 38.8. The number of sulfonamides is 2. The van der Waals surface area contributed by atoms with Gasteiger partial charge in [0.1, 0.15) is 23.0 Å². The fourth-order valence-corrected chi connectivity index (χ4v) is 11.1. The molecule has 4 aromatic carbocycles. The summed E-state index contributed by atoms with van der Waals surface area (Å²) in [6.07, 6.45) is -0.447. The molecule has 0 saturated carbocycles. The smallest absolute Gasteiger partial charge is 0.271 e. The monoisotopic (exact) mass is 1050 g/mol. The van der Waals surface area contributed by atoms with Crippen LogP contribution in [0.15, 0.2) is 70.6 Å². The maximum absolute atomic E-state index is 13.8. The third-order valence-electron chi connectivity index (χ3n) is 8.32. The molecule has 2 aliphatic heterocycles. The Labute approximate surface area is 393 Å². The Kier molecular flexibility index (Phi) is 14.9. The molecule has 0 spiro atoms. The van der Waals surface area contributed by atoms with Crippen molar-refractivity contribution in [1.29, 1.82) is 0 Å². The fourth-order valence-electron chi connectivity index (χ4n) is 5.65. The van der Waals surface area contributed by atoms with Crippen molar-refractivity contribution in [3.8, 4) is 0 Å². The molecule has 60 heavy (non-hydrogen) atoms. The van der Waals surface area contributed by atoms with Gasteiger partial charge in [-0.2, -0.15) is 9.44 Å². The van der Waals surface area contributed by atoms with E-state index in [9.17, 15) is 26.4 Å². The van der Waals surface area contributed by atoms with Crippen LogP contribution in [0.4, 0.5) is 22.7 Å². The molecular weight excluding hydrogens is 1040 g/mol. The molecule has 26 heteroatoms. The van der Waals surface area contributed by atoms with Gasteiger partial charge in [0.25, 0.3) is 11.8 Å². The summed E-state index contributed by atoms with van der Waals surface area (Å²) in [7, 11) is -8.68. The minimum Gasteiger partial charge on any atom is -0.276 e. The number of benzene rings is 4. The molecule has 2 heterocycles. The predicted octanol–water partition coefficient (Wildman–Crippen LogP) is 9.44. The Balaban J connectivity index is 1.18. The van der Waals surface area contributed by atoms with E-state index in [0.29, 0.717) is 10.0 Å². The first-order valence-electron chi connectivity index (χ1n) is 16.7. The van der Waals surface area contributed by atoms with Crippen LogP contribution < -0.4 is 30.3 Å². The molecule has 14 nitrogen and oxygen atoms in total. The maximum Gasteiger partial charge on any atom is 0.271 e. The van der Waals surface area contributed by atoms with Crippen LogP contribution in [-0.4, -0.2) is 63.9 Å². The third kappa shape index (κ3) is 11.0. The summed E-state index contributed by atoms with van der Waals surface area (Å²) >= 11 is 62.3. The van der Waals surface area contributed by atoms with Crippen molar-refractivity contribution in [3.05, 3.63) is 111 Å². The number of carbonyl (C=O) groups excluding carboxylic acids is 2. The van der Waals surface area contributed by atoms with Crippen LogP contribution in [0.3, 0.4) is 0 Å². The summed E-state index contributed by atoms with van der Waals surface area (Å²) in [5.74, 6) is -3.44. The Morgan fingerprint density at radius 2 is 0.817 bits per heavy atom. The summed E-state index contributed by atoms with van der Waals surface area (Å²) in [6, 6.07) is 10.7. The first-order chi connectivity index (χ1) is 28.1. The molecule has 2 atom stereocenters. The number of hydrazine groups is 2. The highest BCUT2D eigenvalue weighted by molar-refractivity contribution is 7.89. The number of rotatable bonds is 13. The molecule has 6 rings (SSSR count). The first kappa shape index (κ1) is 47.0. The van der Waals surface area contributed by atoms with Gasteiger partial charge in [0.2, 0.25) is 20.0 Å². The third-order valence-corrected chi connectivity index (χ3v) is 13.8. The highest BCUT2D eigenvalue weighted by atomic mass is 35.5. The number of anilines is 2. The van der Waals surface area contributed by atoms with Gasteiger partial charge >= 0.3 is 0 Å². The molecular formula is C34H24Cl10N8O6S2. The molecule has 2 fully saturated rings. The number of amides is 2. The zero-order valence-electron chi connectivity index (χ0n) is 29.6. The van der Waals surface area contributed by atoms with Crippen LogP contribution in [0.5, 0.6) is 0 Å². The molecule has 2 amide bonds. The van der Waals surface area contributed by atoms with E-state index in [-0.39, 0.29) is 87.4 Å². The Morgan fingerprint density at radius 3 is 1.13 bits per heavy atom. The predicted molar refractivity (Wildman–Crippen MR) is 242 cm³/mol. The second-order valence-electron chi connectivity index (χ2n) is 12.6. The highest BCUT2D eigenvalue weighted by Gasteiger charge is 2.44. The normalized spacial score (nSPS) is 18.5. The lowest BCUT2D eigenvalue weighted by molar-refractivity contribution is -0.118. The number of carbonyl (C=O) groups is 2.